The molecule has 3 atom stereocenters. The molecule has 0 bridgehead atoms. The molecule has 2 nitrogen and oxygen atoms in total. The molecule has 108 valence electrons. The first-order valence-corrected chi connectivity index (χ1v) is 9.36. The Bertz CT molecular complexity index is 533. The number of nitrogens with zero attached hydrogens (tertiary/aromatic N) is 1. The predicted molar refractivity (Wildman–Crippen MR) is 90.7 cm³/mol. The van der Waals surface area contributed by atoms with Crippen LogP contribution in [0.4, 0.5) is 0 Å². The summed E-state index contributed by atoms with van der Waals surface area (Å²) in [5.74, 6) is 1.24. The van der Waals surface area contributed by atoms with Crippen LogP contribution in [0.25, 0.3) is 10.2 Å². The van der Waals surface area contributed by atoms with Gasteiger partial charge in [-0.05, 0) is 44.1 Å². The van der Waals surface area contributed by atoms with Gasteiger partial charge in [-0.15, -0.1) is 11.3 Å². The average molecular weight is 307 g/mol. The van der Waals surface area contributed by atoms with Crippen molar-refractivity contribution in [1.29, 1.82) is 0 Å². The van der Waals surface area contributed by atoms with E-state index in [1.54, 1.807) is 0 Å². The van der Waals surface area contributed by atoms with Gasteiger partial charge in [-0.3, -0.25) is 0 Å². The van der Waals surface area contributed by atoms with Crippen molar-refractivity contribution in [2.75, 3.05) is 5.75 Å². The summed E-state index contributed by atoms with van der Waals surface area (Å²) in [6.45, 7) is 4.51. The van der Waals surface area contributed by atoms with E-state index in [4.69, 9.17) is 4.98 Å². The molecule has 0 radical (unpaired) electrons. The summed E-state index contributed by atoms with van der Waals surface area (Å²) < 4.78 is 1.29. The van der Waals surface area contributed by atoms with Crippen molar-refractivity contribution in [2.45, 2.75) is 50.4 Å². The van der Waals surface area contributed by atoms with Crippen molar-refractivity contribution in [3.63, 3.8) is 0 Å². The third-order valence-electron chi connectivity index (χ3n) is 3.95. The van der Waals surface area contributed by atoms with Gasteiger partial charge in [0.15, 0.2) is 0 Å². The summed E-state index contributed by atoms with van der Waals surface area (Å²) in [5, 5.41) is 5.86. The van der Waals surface area contributed by atoms with Gasteiger partial charge in [0.05, 0.1) is 16.3 Å². The Morgan fingerprint density at radius 1 is 1.40 bits per heavy atom. The quantitative estimate of drug-likeness (QED) is 0.872. The molecular formula is C16H22N2S2. The van der Waals surface area contributed by atoms with Gasteiger partial charge < -0.3 is 5.32 Å². The van der Waals surface area contributed by atoms with Crippen LogP contribution in [0.3, 0.4) is 0 Å². The summed E-state index contributed by atoms with van der Waals surface area (Å²) >= 11 is 3.94. The summed E-state index contributed by atoms with van der Waals surface area (Å²) in [4.78, 5) is 4.76. The fourth-order valence-electron chi connectivity index (χ4n) is 2.98. The second-order valence-corrected chi connectivity index (χ2v) is 8.14. The van der Waals surface area contributed by atoms with E-state index in [1.807, 2.05) is 11.3 Å². The number of hydrogen-bond donors (Lipinski definition) is 1. The van der Waals surface area contributed by atoms with Crippen LogP contribution in [-0.4, -0.2) is 22.0 Å². The molecule has 0 spiro atoms. The molecule has 1 fully saturated rings. The van der Waals surface area contributed by atoms with Gasteiger partial charge in [-0.1, -0.05) is 19.1 Å². The van der Waals surface area contributed by atoms with Crippen molar-refractivity contribution in [1.82, 2.24) is 10.3 Å². The van der Waals surface area contributed by atoms with Crippen molar-refractivity contribution < 1.29 is 0 Å². The summed E-state index contributed by atoms with van der Waals surface area (Å²) in [6, 6.07) is 9.45. The molecule has 4 heteroatoms. The molecule has 3 unspecified atom stereocenters. The molecule has 0 saturated heterocycles. The average Bonchev–Trinajstić information content (AvgIpc) is 3.05. The van der Waals surface area contributed by atoms with E-state index < -0.39 is 0 Å². The zero-order chi connectivity index (χ0) is 13.9. The molecule has 3 rings (SSSR count). The maximum atomic E-state index is 4.76. The van der Waals surface area contributed by atoms with Gasteiger partial charge >= 0.3 is 0 Å². The molecule has 0 amide bonds. The summed E-state index contributed by atoms with van der Waals surface area (Å²) in [5.41, 5.74) is 1.13. The third-order valence-corrected chi connectivity index (χ3v) is 6.41. The van der Waals surface area contributed by atoms with Crippen LogP contribution in [0.15, 0.2) is 24.3 Å². The largest absolute Gasteiger partial charge is 0.305 e. The second-order valence-electron chi connectivity index (χ2n) is 5.50. The smallest absolute Gasteiger partial charge is 0.111 e. The minimum absolute atomic E-state index is 0.364. The van der Waals surface area contributed by atoms with Crippen LogP contribution in [0.5, 0.6) is 0 Å². The first-order chi connectivity index (χ1) is 9.76. The molecule has 1 aliphatic carbocycles. The number of rotatable bonds is 5. The molecule has 1 N–H and O–H groups in total. The highest BCUT2D eigenvalue weighted by Crippen LogP contribution is 2.32. The summed E-state index contributed by atoms with van der Waals surface area (Å²) in [7, 11) is 0. The second kappa shape index (κ2) is 6.46. The van der Waals surface area contributed by atoms with Gasteiger partial charge in [0, 0.05) is 11.3 Å². The Morgan fingerprint density at radius 3 is 3.05 bits per heavy atom. The van der Waals surface area contributed by atoms with Gasteiger partial charge in [0.1, 0.15) is 5.01 Å². The lowest BCUT2D eigenvalue weighted by Gasteiger charge is -2.17. The highest BCUT2D eigenvalue weighted by Gasteiger charge is 2.26. The van der Waals surface area contributed by atoms with Gasteiger partial charge in [0.2, 0.25) is 0 Å². The van der Waals surface area contributed by atoms with E-state index in [1.165, 1.54) is 34.7 Å². The van der Waals surface area contributed by atoms with Crippen LogP contribution < -0.4 is 5.32 Å². The number of thioether (sulfide) groups is 1. The number of thiazole rings is 1. The number of benzene rings is 1. The van der Waals surface area contributed by atoms with Crippen molar-refractivity contribution >= 4 is 33.3 Å². The van der Waals surface area contributed by atoms with E-state index in [9.17, 15) is 0 Å². The number of hydrogen-bond acceptors (Lipinski definition) is 4. The van der Waals surface area contributed by atoms with Crippen LogP contribution in [0, 0.1) is 0 Å². The Hall–Kier alpha value is -0.580. The first kappa shape index (κ1) is 14.4. The van der Waals surface area contributed by atoms with E-state index in [2.05, 4.69) is 55.2 Å². The van der Waals surface area contributed by atoms with Gasteiger partial charge in [-0.25, -0.2) is 4.98 Å². The van der Waals surface area contributed by atoms with Crippen LogP contribution in [0.1, 0.15) is 44.2 Å². The molecule has 1 aliphatic rings. The molecule has 1 heterocycles. The standard InChI is InChI=1S/C16H22N2S2/c1-3-19-13-9-8-12(10-13)17-11(2)16-18-14-6-4-5-7-15(14)20-16/h4-7,11-13,17H,3,8-10H2,1-2H3. The maximum Gasteiger partial charge on any atom is 0.111 e. The van der Waals surface area contributed by atoms with Crippen molar-refractivity contribution in [3.05, 3.63) is 29.3 Å². The molecule has 1 aromatic heterocycles. The van der Waals surface area contributed by atoms with Crippen molar-refractivity contribution in [2.24, 2.45) is 0 Å². The van der Waals surface area contributed by atoms with Gasteiger partial charge in [-0.2, -0.15) is 11.8 Å². The number of nitrogens with one attached hydrogen (secondary N) is 1. The van der Waals surface area contributed by atoms with Crippen LogP contribution in [0.2, 0.25) is 0 Å². The monoisotopic (exact) mass is 306 g/mol. The van der Waals surface area contributed by atoms with E-state index in [0.29, 0.717) is 12.1 Å². The number of fused-ring (bicyclic) bond motifs is 1. The zero-order valence-corrected chi connectivity index (χ0v) is 13.8. The third kappa shape index (κ3) is 3.18. The number of para-hydroxylation sites is 1. The molecular weight excluding hydrogens is 284 g/mol. The fraction of sp³-hybridized carbons (Fsp3) is 0.562. The first-order valence-electron chi connectivity index (χ1n) is 7.49. The van der Waals surface area contributed by atoms with Crippen LogP contribution in [-0.2, 0) is 0 Å². The highest BCUT2D eigenvalue weighted by atomic mass is 32.2. The minimum Gasteiger partial charge on any atom is -0.305 e. The van der Waals surface area contributed by atoms with E-state index in [-0.39, 0.29) is 0 Å². The lowest BCUT2D eigenvalue weighted by Crippen LogP contribution is -2.29. The fourth-order valence-corrected chi connectivity index (χ4v) is 5.10. The van der Waals surface area contributed by atoms with Gasteiger partial charge in [0.25, 0.3) is 0 Å². The molecule has 1 aromatic carbocycles. The Morgan fingerprint density at radius 2 is 2.25 bits per heavy atom. The molecule has 2 aromatic rings. The minimum atomic E-state index is 0.364. The van der Waals surface area contributed by atoms with E-state index in [0.717, 1.165) is 10.8 Å². The molecule has 0 aliphatic heterocycles. The predicted octanol–water partition coefficient (Wildman–Crippen LogP) is 4.62. The van der Waals surface area contributed by atoms with Crippen LogP contribution >= 0.6 is 23.1 Å². The lowest BCUT2D eigenvalue weighted by atomic mass is 10.2. The number of aromatic nitrogens is 1. The lowest BCUT2D eigenvalue weighted by molar-refractivity contribution is 0.461. The zero-order valence-electron chi connectivity index (χ0n) is 12.1. The van der Waals surface area contributed by atoms with E-state index >= 15 is 0 Å². The normalized spacial score (nSPS) is 24.3. The molecule has 20 heavy (non-hydrogen) atoms. The summed E-state index contributed by atoms with van der Waals surface area (Å²) in [6.07, 6.45) is 3.99. The SMILES string of the molecule is CCSC1CCC(NC(C)c2nc3ccccc3s2)C1. The Balaban J connectivity index is 1.63. The van der Waals surface area contributed by atoms with Crippen molar-refractivity contribution in [3.8, 4) is 0 Å². The Labute approximate surface area is 129 Å². The topological polar surface area (TPSA) is 24.9 Å². The molecule has 1 saturated carbocycles. The Kier molecular flexibility index (Phi) is 4.64. The maximum absolute atomic E-state index is 4.76. The highest BCUT2D eigenvalue weighted by molar-refractivity contribution is 7.99.